The van der Waals surface area contributed by atoms with E-state index in [1.165, 1.54) is 5.56 Å². The average Bonchev–Trinajstić information content (AvgIpc) is 2.03. The van der Waals surface area contributed by atoms with E-state index in [1.54, 1.807) is 0 Å². The highest BCUT2D eigenvalue weighted by Gasteiger charge is 1.90. The van der Waals surface area contributed by atoms with Crippen molar-refractivity contribution in [3.05, 3.63) is 41.6 Å². The maximum Gasteiger partial charge on any atom is 0.209 e. The predicted octanol–water partition coefficient (Wildman–Crippen LogP) is 3.25. The van der Waals surface area contributed by atoms with E-state index in [0.29, 0.717) is 0 Å². The van der Waals surface area contributed by atoms with Gasteiger partial charge < -0.3 is 0 Å². The zero-order valence-electron chi connectivity index (χ0n) is 5.87. The second-order valence-electron chi connectivity index (χ2n) is 2.10. The quantitative estimate of drug-likeness (QED) is 0.580. The predicted molar refractivity (Wildman–Crippen MR) is 60.5 cm³/mol. The van der Waals surface area contributed by atoms with Gasteiger partial charge in [0.25, 0.3) is 0 Å². The van der Waals surface area contributed by atoms with Crippen molar-refractivity contribution in [3.8, 4) is 0 Å². The molecule has 0 bridgehead atoms. The highest BCUT2D eigenvalue weighted by atomic mass is 79.9. The fraction of sp³-hybridized carbons (Fsp3) is 0. The Kier molecular flexibility index (Phi) is 4.11. The second-order valence-corrected chi connectivity index (χ2v) is 12.8. The largest absolute Gasteiger partial charge is 0.209 e. The van der Waals surface area contributed by atoms with Crippen LogP contribution >= 0.6 is 30.6 Å². The van der Waals surface area contributed by atoms with Gasteiger partial charge in [0.2, 0.25) is 6.04 Å². The smallest absolute Gasteiger partial charge is 0.110 e. The van der Waals surface area contributed by atoms with E-state index in [9.17, 15) is 0 Å². The zero-order valence-corrected chi connectivity index (χ0v) is 10.2. The molecule has 0 aromatic heterocycles. The van der Waals surface area contributed by atoms with E-state index in [4.69, 9.17) is 0 Å². The molecule has 0 fully saturated rings. The summed E-state index contributed by atoms with van der Waals surface area (Å²) < 4.78 is 0. The summed E-state index contributed by atoms with van der Waals surface area (Å²) in [5.74, 6) is 0. The topological polar surface area (TPSA) is 0 Å². The minimum absolute atomic E-state index is 0.896. The summed E-state index contributed by atoms with van der Waals surface area (Å²) in [6.07, 6.45) is 2.13. The van der Waals surface area contributed by atoms with E-state index in [0.717, 1.165) is 0 Å². The molecule has 0 N–H and O–H groups in total. The lowest BCUT2D eigenvalue weighted by atomic mass is 10.2. The molecule has 58 valence electrons. The minimum Gasteiger partial charge on any atom is -0.110 e. The van der Waals surface area contributed by atoms with Crippen molar-refractivity contribution < 1.29 is 0 Å². The van der Waals surface area contributed by atoms with Gasteiger partial charge in [0.1, 0.15) is 0 Å². The van der Waals surface area contributed by atoms with Crippen LogP contribution in [0, 0.1) is 0 Å². The summed E-state index contributed by atoms with van der Waals surface area (Å²) in [7, 11) is 0. The average molecular weight is 292 g/mol. The Morgan fingerprint density at radius 2 is 1.73 bits per heavy atom. The van der Waals surface area contributed by atoms with E-state index >= 15 is 0 Å². The molecule has 0 spiro atoms. The van der Waals surface area contributed by atoms with Crippen LogP contribution in [0.2, 0.25) is 0 Å². The fourth-order valence-corrected chi connectivity index (χ4v) is 2.03. The van der Waals surface area contributed by atoms with Gasteiger partial charge in [-0.3, -0.25) is 0 Å². The Bertz CT molecular complexity index is 231. The van der Waals surface area contributed by atoms with Gasteiger partial charge in [-0.25, -0.2) is 0 Å². The molecule has 0 nitrogen and oxygen atoms in total. The van der Waals surface area contributed by atoms with E-state index in [-0.39, 0.29) is 0 Å². The molecule has 0 aliphatic heterocycles. The number of hydrogen-bond acceptors (Lipinski definition) is 0. The Morgan fingerprint density at radius 3 is 2.27 bits per heavy atom. The molecular formula is C8H8Br2Si. The summed E-state index contributed by atoms with van der Waals surface area (Å²) in [5, 5.41) is 0. The third-order valence-corrected chi connectivity index (χ3v) is 3.55. The van der Waals surface area contributed by atoms with Gasteiger partial charge in [0.15, 0.2) is 0 Å². The Morgan fingerprint density at radius 1 is 1.09 bits per heavy atom. The van der Waals surface area contributed by atoms with Crippen LogP contribution in [-0.2, 0) is 0 Å². The van der Waals surface area contributed by atoms with Crippen LogP contribution < -0.4 is 0 Å². The van der Waals surface area contributed by atoms with Crippen LogP contribution in [-0.4, -0.2) is 6.04 Å². The molecule has 0 saturated carbocycles. The first-order valence-corrected chi connectivity index (χ1v) is 10.3. The number of halogens is 2. The molecule has 1 aromatic carbocycles. The lowest BCUT2D eigenvalue weighted by Gasteiger charge is -1.90. The van der Waals surface area contributed by atoms with E-state index in [1.807, 2.05) is 18.2 Å². The molecule has 0 aliphatic rings. The summed E-state index contributed by atoms with van der Waals surface area (Å²) in [5.41, 5.74) is 3.43. The SMILES string of the molecule is Br[SiH](Br)C=Cc1ccccc1. The Labute approximate surface area is 84.1 Å². The maximum atomic E-state index is 3.50. The zero-order chi connectivity index (χ0) is 8.10. The summed E-state index contributed by atoms with van der Waals surface area (Å²) >= 11 is 7.00. The minimum atomic E-state index is -0.896. The first-order valence-electron chi connectivity index (χ1n) is 3.30. The van der Waals surface area contributed by atoms with Crippen LogP contribution in [0.3, 0.4) is 0 Å². The molecule has 0 unspecified atom stereocenters. The van der Waals surface area contributed by atoms with Crippen LogP contribution in [0.25, 0.3) is 6.08 Å². The van der Waals surface area contributed by atoms with Gasteiger partial charge in [-0.05, 0) is 5.56 Å². The molecule has 1 rings (SSSR count). The normalized spacial score (nSPS) is 11.2. The van der Waals surface area contributed by atoms with Crippen LogP contribution in [0.4, 0.5) is 0 Å². The van der Waals surface area contributed by atoms with Crippen molar-refractivity contribution in [2.45, 2.75) is 0 Å². The van der Waals surface area contributed by atoms with Crippen molar-refractivity contribution in [3.63, 3.8) is 0 Å². The Hall–Kier alpha value is 0.137. The van der Waals surface area contributed by atoms with Crippen LogP contribution in [0.1, 0.15) is 5.56 Å². The van der Waals surface area contributed by atoms with Gasteiger partial charge in [0.05, 0.1) is 0 Å². The van der Waals surface area contributed by atoms with Crippen molar-refractivity contribution >= 4 is 42.7 Å². The van der Waals surface area contributed by atoms with Gasteiger partial charge in [-0.15, -0.1) is 30.6 Å². The van der Waals surface area contributed by atoms with Gasteiger partial charge in [0, 0.05) is 0 Å². The number of hydrogen-bond donors (Lipinski definition) is 0. The third-order valence-electron chi connectivity index (χ3n) is 1.23. The van der Waals surface area contributed by atoms with Crippen molar-refractivity contribution in [2.75, 3.05) is 0 Å². The van der Waals surface area contributed by atoms with E-state index in [2.05, 4.69) is 54.5 Å². The molecule has 0 amide bonds. The standard InChI is InChI=1S/C8H8Br2Si/c9-11(10)7-6-8-4-2-1-3-5-8/h1-7,11H. The molecule has 0 radical (unpaired) electrons. The molecular weight excluding hydrogens is 284 g/mol. The fourth-order valence-electron chi connectivity index (χ4n) is 0.748. The van der Waals surface area contributed by atoms with Gasteiger partial charge in [-0.1, -0.05) is 42.1 Å². The van der Waals surface area contributed by atoms with Crippen LogP contribution in [0.5, 0.6) is 0 Å². The van der Waals surface area contributed by atoms with Gasteiger partial charge in [-0.2, -0.15) is 0 Å². The number of rotatable bonds is 2. The third kappa shape index (κ3) is 3.89. The number of benzene rings is 1. The van der Waals surface area contributed by atoms with Gasteiger partial charge >= 0.3 is 0 Å². The molecule has 0 aliphatic carbocycles. The van der Waals surface area contributed by atoms with E-state index < -0.39 is 6.04 Å². The second kappa shape index (κ2) is 4.90. The van der Waals surface area contributed by atoms with Crippen molar-refractivity contribution in [1.29, 1.82) is 0 Å². The van der Waals surface area contributed by atoms with Crippen LogP contribution in [0.15, 0.2) is 36.0 Å². The Balaban J connectivity index is 2.65. The lowest BCUT2D eigenvalue weighted by molar-refractivity contribution is 1.66. The highest BCUT2D eigenvalue weighted by Crippen LogP contribution is 2.07. The summed E-state index contributed by atoms with van der Waals surface area (Å²) in [4.78, 5) is 0. The lowest BCUT2D eigenvalue weighted by Crippen LogP contribution is -1.80. The molecule has 11 heavy (non-hydrogen) atoms. The molecule has 0 saturated heterocycles. The van der Waals surface area contributed by atoms with Crippen molar-refractivity contribution in [2.24, 2.45) is 0 Å². The molecule has 0 atom stereocenters. The maximum absolute atomic E-state index is 3.50. The molecule has 1 aromatic rings. The van der Waals surface area contributed by atoms with Crippen molar-refractivity contribution in [1.82, 2.24) is 0 Å². The molecule has 3 heteroatoms. The summed E-state index contributed by atoms with van der Waals surface area (Å²) in [6.45, 7) is 0. The monoisotopic (exact) mass is 290 g/mol. The first-order chi connectivity index (χ1) is 5.29. The molecule has 0 heterocycles. The summed E-state index contributed by atoms with van der Waals surface area (Å²) in [6, 6.07) is 9.39. The highest BCUT2D eigenvalue weighted by molar-refractivity contribution is 9.49. The first kappa shape index (κ1) is 9.23.